The van der Waals surface area contributed by atoms with Crippen LogP contribution >= 0.6 is 11.6 Å². The van der Waals surface area contributed by atoms with E-state index in [2.05, 4.69) is 15.7 Å². The molecule has 1 heterocycles. The smallest absolute Gasteiger partial charge is 0.315 e. The number of rotatable bonds is 7. The number of anilines is 2. The quantitative estimate of drug-likeness (QED) is 0.352. The summed E-state index contributed by atoms with van der Waals surface area (Å²) in [4.78, 5) is 27.1. The Labute approximate surface area is 218 Å². The first-order chi connectivity index (χ1) is 17.3. The number of benzene rings is 2. The van der Waals surface area contributed by atoms with Gasteiger partial charge in [-0.1, -0.05) is 45.4 Å². The predicted molar refractivity (Wildman–Crippen MR) is 138 cm³/mol. The Hall–Kier alpha value is -3.53. The Balaban J connectivity index is 1.79. The molecule has 1 aromatic heterocycles. The lowest BCUT2D eigenvalue weighted by atomic mass is 9.92. The van der Waals surface area contributed by atoms with Crippen LogP contribution in [-0.2, 0) is 16.4 Å². The van der Waals surface area contributed by atoms with Gasteiger partial charge >= 0.3 is 12.2 Å². The number of aromatic nitrogens is 2. The molecular weight excluding hydrogens is 507 g/mol. The second-order valence-corrected chi connectivity index (χ2v) is 9.97. The van der Waals surface area contributed by atoms with E-state index in [4.69, 9.17) is 11.6 Å². The van der Waals surface area contributed by atoms with Gasteiger partial charge in [-0.15, -0.1) is 0 Å². The summed E-state index contributed by atoms with van der Waals surface area (Å²) in [5.74, 6) is -0.0739. The van der Waals surface area contributed by atoms with E-state index in [1.54, 1.807) is 35.0 Å². The van der Waals surface area contributed by atoms with Gasteiger partial charge in [-0.2, -0.15) is 18.3 Å². The maximum atomic E-state index is 13.0. The third kappa shape index (κ3) is 7.48. The standard InChI is InChI=1S/C26H29ClF3N5O2/c1-5-13-34(24(37)31-19-8-6-7-17(14-19)26(28,29)30)16-23(36)32-22-15-21(25(2,3)4)33-35(22)20-11-9-18(27)10-12-20/h6-12,14-15H,5,13,16H2,1-4H3,(H,31,37)(H,32,36). The van der Waals surface area contributed by atoms with Crippen LogP contribution < -0.4 is 10.6 Å². The second-order valence-electron chi connectivity index (χ2n) is 9.53. The average Bonchev–Trinajstić information content (AvgIpc) is 3.23. The normalized spacial score (nSPS) is 11.8. The number of alkyl halides is 3. The minimum Gasteiger partial charge on any atom is -0.315 e. The molecule has 2 N–H and O–H groups in total. The van der Waals surface area contributed by atoms with Crippen molar-refractivity contribution in [1.82, 2.24) is 14.7 Å². The van der Waals surface area contributed by atoms with Gasteiger partial charge in [0.2, 0.25) is 5.91 Å². The Kier molecular flexibility index (Phi) is 8.53. The monoisotopic (exact) mass is 535 g/mol. The molecule has 3 rings (SSSR count). The third-order valence-corrected chi connectivity index (χ3v) is 5.62. The van der Waals surface area contributed by atoms with Crippen LogP contribution in [0.25, 0.3) is 5.69 Å². The van der Waals surface area contributed by atoms with Crippen molar-refractivity contribution >= 4 is 35.0 Å². The van der Waals surface area contributed by atoms with Crippen molar-refractivity contribution in [3.05, 3.63) is 70.9 Å². The number of hydrogen-bond acceptors (Lipinski definition) is 3. The zero-order valence-corrected chi connectivity index (χ0v) is 21.7. The van der Waals surface area contributed by atoms with Crippen LogP contribution in [0, 0.1) is 0 Å². The van der Waals surface area contributed by atoms with Gasteiger partial charge in [-0.05, 0) is 48.9 Å². The molecule has 0 bridgehead atoms. The summed E-state index contributed by atoms with van der Waals surface area (Å²) in [7, 11) is 0. The molecule has 37 heavy (non-hydrogen) atoms. The molecule has 0 radical (unpaired) electrons. The SMILES string of the molecule is CCCN(CC(=O)Nc1cc(C(C)(C)C)nn1-c1ccc(Cl)cc1)C(=O)Nc1cccc(C(F)(F)F)c1. The van der Waals surface area contributed by atoms with Crippen molar-refractivity contribution < 1.29 is 22.8 Å². The maximum absolute atomic E-state index is 13.0. The molecule has 198 valence electrons. The van der Waals surface area contributed by atoms with Gasteiger partial charge in [0.25, 0.3) is 0 Å². The van der Waals surface area contributed by atoms with E-state index >= 15 is 0 Å². The van der Waals surface area contributed by atoms with E-state index in [-0.39, 0.29) is 24.2 Å². The van der Waals surface area contributed by atoms with Crippen molar-refractivity contribution in [3.8, 4) is 5.69 Å². The van der Waals surface area contributed by atoms with E-state index in [0.717, 1.165) is 17.8 Å². The summed E-state index contributed by atoms with van der Waals surface area (Å²) in [5, 5.41) is 10.5. The minimum atomic E-state index is -4.54. The van der Waals surface area contributed by atoms with Crippen LogP contribution in [0.4, 0.5) is 29.5 Å². The summed E-state index contributed by atoms with van der Waals surface area (Å²) < 4.78 is 40.7. The molecule has 3 aromatic rings. The Morgan fingerprint density at radius 3 is 2.30 bits per heavy atom. The fourth-order valence-electron chi connectivity index (χ4n) is 3.47. The topological polar surface area (TPSA) is 79.3 Å². The van der Waals surface area contributed by atoms with Crippen LogP contribution in [0.1, 0.15) is 45.4 Å². The number of urea groups is 1. The van der Waals surface area contributed by atoms with Crippen molar-refractivity contribution in [2.75, 3.05) is 23.7 Å². The molecule has 11 heteroatoms. The summed E-state index contributed by atoms with van der Waals surface area (Å²) in [6.07, 6.45) is -4.00. The second kappa shape index (κ2) is 11.2. The van der Waals surface area contributed by atoms with Gasteiger partial charge in [0, 0.05) is 28.7 Å². The lowest BCUT2D eigenvalue weighted by Crippen LogP contribution is -2.41. The van der Waals surface area contributed by atoms with Crippen LogP contribution in [-0.4, -0.2) is 39.7 Å². The number of amides is 3. The van der Waals surface area contributed by atoms with Gasteiger partial charge in [-0.25, -0.2) is 9.48 Å². The zero-order valence-electron chi connectivity index (χ0n) is 21.0. The third-order valence-electron chi connectivity index (χ3n) is 5.37. The Morgan fingerprint density at radius 1 is 1.03 bits per heavy atom. The molecule has 7 nitrogen and oxygen atoms in total. The molecule has 0 unspecified atom stereocenters. The predicted octanol–water partition coefficient (Wildman–Crippen LogP) is 6.72. The van der Waals surface area contributed by atoms with Crippen LogP contribution in [0.2, 0.25) is 5.02 Å². The number of hydrogen-bond donors (Lipinski definition) is 2. The molecule has 0 aliphatic carbocycles. The van der Waals surface area contributed by atoms with E-state index in [1.807, 2.05) is 27.7 Å². The van der Waals surface area contributed by atoms with Gasteiger partial charge in [0.15, 0.2) is 0 Å². The van der Waals surface area contributed by atoms with Gasteiger partial charge in [0.05, 0.1) is 16.9 Å². The lowest BCUT2D eigenvalue weighted by Gasteiger charge is -2.22. The number of nitrogens with one attached hydrogen (secondary N) is 2. The lowest BCUT2D eigenvalue weighted by molar-refractivity contribution is -0.137. The molecule has 2 aromatic carbocycles. The maximum Gasteiger partial charge on any atom is 0.416 e. The molecular formula is C26H29ClF3N5O2. The Bertz CT molecular complexity index is 1250. The minimum absolute atomic E-state index is 0.0167. The average molecular weight is 536 g/mol. The van der Waals surface area contributed by atoms with Crippen molar-refractivity contribution in [2.24, 2.45) is 0 Å². The highest BCUT2D eigenvalue weighted by Gasteiger charge is 2.30. The molecule has 0 saturated heterocycles. The first-order valence-electron chi connectivity index (χ1n) is 11.7. The van der Waals surface area contributed by atoms with E-state index in [9.17, 15) is 22.8 Å². The summed E-state index contributed by atoms with van der Waals surface area (Å²) >= 11 is 6.01. The first kappa shape index (κ1) is 28.0. The zero-order chi connectivity index (χ0) is 27.4. The molecule has 0 aliphatic rings. The molecule has 0 fully saturated rings. The fourth-order valence-corrected chi connectivity index (χ4v) is 3.60. The fraction of sp³-hybridized carbons (Fsp3) is 0.346. The van der Waals surface area contributed by atoms with Gasteiger partial charge in [-0.3, -0.25) is 4.79 Å². The van der Waals surface area contributed by atoms with Crippen LogP contribution in [0.3, 0.4) is 0 Å². The number of nitrogens with zero attached hydrogens (tertiary/aromatic N) is 3. The van der Waals surface area contributed by atoms with Crippen molar-refractivity contribution in [2.45, 2.75) is 45.7 Å². The molecule has 0 saturated carbocycles. The van der Waals surface area contributed by atoms with E-state index in [1.165, 1.54) is 17.0 Å². The van der Waals surface area contributed by atoms with Crippen molar-refractivity contribution in [1.29, 1.82) is 0 Å². The first-order valence-corrected chi connectivity index (χ1v) is 12.0. The van der Waals surface area contributed by atoms with Gasteiger partial charge in [0.1, 0.15) is 12.4 Å². The van der Waals surface area contributed by atoms with E-state index in [0.29, 0.717) is 22.9 Å². The number of carbonyl (C=O) groups excluding carboxylic acids is 2. The molecule has 0 spiro atoms. The van der Waals surface area contributed by atoms with Crippen LogP contribution in [0.5, 0.6) is 0 Å². The highest BCUT2D eigenvalue weighted by Crippen LogP contribution is 2.31. The summed E-state index contributed by atoms with van der Waals surface area (Å²) in [6, 6.07) is 12.4. The van der Waals surface area contributed by atoms with Crippen LogP contribution in [0.15, 0.2) is 54.6 Å². The largest absolute Gasteiger partial charge is 0.416 e. The Morgan fingerprint density at radius 2 is 1.70 bits per heavy atom. The summed E-state index contributed by atoms with van der Waals surface area (Å²) in [5.41, 5.74) is 0.233. The highest BCUT2D eigenvalue weighted by atomic mass is 35.5. The number of carbonyl (C=O) groups is 2. The molecule has 0 aliphatic heterocycles. The molecule has 3 amide bonds. The summed E-state index contributed by atoms with van der Waals surface area (Å²) in [6.45, 7) is 7.72. The molecule has 0 atom stereocenters. The van der Waals surface area contributed by atoms with Crippen molar-refractivity contribution in [3.63, 3.8) is 0 Å². The van der Waals surface area contributed by atoms with Gasteiger partial charge < -0.3 is 15.5 Å². The highest BCUT2D eigenvalue weighted by molar-refractivity contribution is 6.30. The van der Waals surface area contributed by atoms with E-state index < -0.39 is 23.7 Å². The number of halogens is 4.